The molecular weight excluding hydrogens is 300 g/mol. The number of carbonyl (C=O) groups excluding carboxylic acids is 1. The monoisotopic (exact) mass is 322 g/mol. The number of rotatable bonds is 5. The molecule has 1 aliphatic heterocycles. The highest BCUT2D eigenvalue weighted by atomic mass is 35.5. The lowest BCUT2D eigenvalue weighted by atomic mass is 9.88. The van der Waals surface area contributed by atoms with Crippen molar-refractivity contribution in [1.82, 2.24) is 0 Å². The fourth-order valence-corrected chi connectivity index (χ4v) is 2.84. The number of hydrogen-bond donors (Lipinski definition) is 2. The summed E-state index contributed by atoms with van der Waals surface area (Å²) in [5.74, 6) is 2.94. The van der Waals surface area contributed by atoms with Gasteiger partial charge in [0.15, 0.2) is 5.54 Å². The fourth-order valence-electron chi connectivity index (χ4n) is 2.84. The van der Waals surface area contributed by atoms with Crippen molar-refractivity contribution in [3.63, 3.8) is 0 Å². The molecule has 5 heteroatoms. The summed E-state index contributed by atoms with van der Waals surface area (Å²) in [5, 5.41) is 2.73. The highest BCUT2D eigenvalue weighted by Crippen LogP contribution is 2.13. The maximum absolute atomic E-state index is 11.8. The SMILES string of the molecule is C#CC(CC)(CC)[NH+]1CC(OC(=O)Nc2ccccc2)C1.[Cl-]. The number of hydrogen-bond acceptors (Lipinski definition) is 2. The zero-order valence-corrected chi connectivity index (χ0v) is 13.8. The minimum absolute atomic E-state index is 0. The van der Waals surface area contributed by atoms with E-state index in [1.165, 1.54) is 4.90 Å². The number of terminal acetylenes is 1. The molecule has 0 atom stereocenters. The Bertz CT molecular complexity index is 517. The summed E-state index contributed by atoms with van der Waals surface area (Å²) in [6.45, 7) is 5.81. The highest BCUT2D eigenvalue weighted by Gasteiger charge is 2.46. The van der Waals surface area contributed by atoms with Crippen LogP contribution in [-0.4, -0.2) is 30.8 Å². The fraction of sp³-hybridized carbons (Fsp3) is 0.471. The van der Waals surface area contributed by atoms with Gasteiger partial charge in [-0.1, -0.05) is 32.0 Å². The van der Waals surface area contributed by atoms with Crippen LogP contribution in [0.4, 0.5) is 10.5 Å². The normalized spacial score (nSPS) is 20.0. The molecule has 4 nitrogen and oxygen atoms in total. The predicted octanol–water partition coefficient (Wildman–Crippen LogP) is -1.30. The number of likely N-dealkylation sites (tertiary alicyclic amines) is 1. The van der Waals surface area contributed by atoms with Crippen molar-refractivity contribution >= 4 is 11.8 Å². The molecule has 2 rings (SSSR count). The maximum atomic E-state index is 11.8. The molecule has 22 heavy (non-hydrogen) atoms. The van der Waals surface area contributed by atoms with Gasteiger partial charge < -0.3 is 22.0 Å². The van der Waals surface area contributed by atoms with Gasteiger partial charge in [-0.15, -0.1) is 6.42 Å². The Morgan fingerprint density at radius 3 is 2.45 bits per heavy atom. The van der Waals surface area contributed by atoms with Crippen LogP contribution in [0.2, 0.25) is 0 Å². The average molecular weight is 323 g/mol. The van der Waals surface area contributed by atoms with Gasteiger partial charge in [0.25, 0.3) is 0 Å². The van der Waals surface area contributed by atoms with Crippen LogP contribution < -0.4 is 22.6 Å². The molecule has 2 N–H and O–H groups in total. The molecule has 0 aliphatic carbocycles. The van der Waals surface area contributed by atoms with Crippen molar-refractivity contribution in [3.8, 4) is 12.3 Å². The summed E-state index contributed by atoms with van der Waals surface area (Å²) in [4.78, 5) is 13.1. The van der Waals surface area contributed by atoms with Crippen molar-refractivity contribution < 1.29 is 26.8 Å². The van der Waals surface area contributed by atoms with E-state index in [4.69, 9.17) is 11.2 Å². The molecule has 0 saturated carbocycles. The van der Waals surface area contributed by atoms with E-state index in [0.29, 0.717) is 0 Å². The standard InChI is InChI=1S/C17H22N2O2.ClH/c1-4-17(5-2,6-3)19-12-15(13-19)21-16(20)18-14-10-8-7-9-11-14;/h1,7-11,15H,5-6,12-13H2,2-3H3,(H,18,20);1H. The van der Waals surface area contributed by atoms with Crippen LogP contribution >= 0.6 is 0 Å². The third kappa shape index (κ3) is 3.94. The Labute approximate surface area is 138 Å². The topological polar surface area (TPSA) is 42.8 Å². The number of benzene rings is 1. The minimum atomic E-state index is -0.399. The Morgan fingerprint density at radius 1 is 1.36 bits per heavy atom. The van der Waals surface area contributed by atoms with E-state index in [9.17, 15) is 4.79 Å². The van der Waals surface area contributed by atoms with Crippen LogP contribution in [0, 0.1) is 12.3 Å². The summed E-state index contributed by atoms with van der Waals surface area (Å²) in [6.07, 6.45) is 7.14. The van der Waals surface area contributed by atoms with E-state index in [1.807, 2.05) is 30.3 Å². The zero-order chi connectivity index (χ0) is 15.3. The first-order valence-corrected chi connectivity index (χ1v) is 7.49. The third-order valence-electron chi connectivity index (χ3n) is 4.40. The second-order valence-corrected chi connectivity index (χ2v) is 5.46. The molecule has 1 amide bonds. The van der Waals surface area contributed by atoms with Gasteiger partial charge in [0.2, 0.25) is 6.10 Å². The largest absolute Gasteiger partial charge is 1.00 e. The van der Waals surface area contributed by atoms with Gasteiger partial charge in [-0.05, 0) is 18.1 Å². The molecule has 1 saturated heterocycles. The average Bonchev–Trinajstić information content (AvgIpc) is 2.47. The van der Waals surface area contributed by atoms with E-state index >= 15 is 0 Å². The maximum Gasteiger partial charge on any atom is 0.412 e. The quantitative estimate of drug-likeness (QED) is 0.662. The van der Waals surface area contributed by atoms with Crippen LogP contribution in [0.15, 0.2) is 30.3 Å². The van der Waals surface area contributed by atoms with Gasteiger partial charge >= 0.3 is 6.09 Å². The molecule has 120 valence electrons. The first kappa shape index (κ1) is 18.3. The predicted molar refractivity (Wildman–Crippen MR) is 83.2 cm³/mol. The number of anilines is 1. The molecule has 0 aromatic heterocycles. The molecule has 0 bridgehead atoms. The van der Waals surface area contributed by atoms with Crippen molar-refractivity contribution in [2.45, 2.75) is 38.3 Å². The van der Waals surface area contributed by atoms with Crippen molar-refractivity contribution in [2.75, 3.05) is 18.4 Å². The second-order valence-electron chi connectivity index (χ2n) is 5.46. The summed E-state index contributed by atoms with van der Waals surface area (Å²) < 4.78 is 5.41. The Balaban J connectivity index is 0.00000242. The Hall–Kier alpha value is -1.70. The van der Waals surface area contributed by atoms with Crippen molar-refractivity contribution in [1.29, 1.82) is 0 Å². The van der Waals surface area contributed by atoms with Crippen LogP contribution in [0.1, 0.15) is 26.7 Å². The lowest BCUT2D eigenvalue weighted by Gasteiger charge is -2.44. The van der Waals surface area contributed by atoms with E-state index < -0.39 is 6.09 Å². The number of halogens is 1. The molecule has 1 aromatic rings. The number of nitrogens with one attached hydrogen (secondary N) is 2. The number of carbonyl (C=O) groups is 1. The van der Waals surface area contributed by atoms with E-state index in [2.05, 4.69) is 25.1 Å². The molecule has 0 unspecified atom stereocenters. The minimum Gasteiger partial charge on any atom is -1.00 e. The number of ether oxygens (including phenoxy) is 1. The first-order chi connectivity index (χ1) is 10.1. The summed E-state index contributed by atoms with van der Waals surface area (Å²) >= 11 is 0. The number of para-hydroxylation sites is 1. The van der Waals surface area contributed by atoms with Crippen molar-refractivity contribution in [3.05, 3.63) is 30.3 Å². The van der Waals surface area contributed by atoms with E-state index in [-0.39, 0.29) is 24.0 Å². The molecule has 1 aliphatic rings. The number of quaternary nitrogens is 1. The molecule has 0 radical (unpaired) electrons. The Kier molecular flexibility index (Phi) is 6.73. The Morgan fingerprint density at radius 2 is 1.95 bits per heavy atom. The van der Waals surface area contributed by atoms with E-state index in [0.717, 1.165) is 31.6 Å². The van der Waals surface area contributed by atoms with Gasteiger partial charge in [-0.3, -0.25) is 5.32 Å². The second kappa shape index (κ2) is 8.07. The summed E-state index contributed by atoms with van der Waals surface area (Å²) in [5.41, 5.74) is 0.626. The first-order valence-electron chi connectivity index (χ1n) is 7.49. The summed E-state index contributed by atoms with van der Waals surface area (Å²) in [6, 6.07) is 9.30. The lowest BCUT2D eigenvalue weighted by molar-refractivity contribution is -0.988. The molecule has 1 fully saturated rings. The third-order valence-corrected chi connectivity index (χ3v) is 4.40. The van der Waals surface area contributed by atoms with Gasteiger partial charge in [-0.25, -0.2) is 4.79 Å². The van der Waals surface area contributed by atoms with Crippen molar-refractivity contribution in [2.24, 2.45) is 0 Å². The summed E-state index contributed by atoms with van der Waals surface area (Å²) in [7, 11) is 0. The zero-order valence-electron chi connectivity index (χ0n) is 13.1. The lowest BCUT2D eigenvalue weighted by Crippen LogP contribution is -3.28. The van der Waals surface area contributed by atoms with E-state index in [1.54, 1.807) is 0 Å². The van der Waals surface area contributed by atoms with Crippen LogP contribution in [-0.2, 0) is 4.74 Å². The molecule has 1 aromatic carbocycles. The molecular formula is C17H23ClN2O2. The van der Waals surface area contributed by atoms with Gasteiger partial charge in [0, 0.05) is 18.5 Å². The van der Waals surface area contributed by atoms with Gasteiger partial charge in [-0.2, -0.15) is 0 Å². The smallest absolute Gasteiger partial charge is 0.412 e. The van der Waals surface area contributed by atoms with Gasteiger partial charge in [0.1, 0.15) is 13.1 Å². The molecule has 1 heterocycles. The highest BCUT2D eigenvalue weighted by molar-refractivity contribution is 5.84. The number of amides is 1. The van der Waals surface area contributed by atoms with Gasteiger partial charge in [0.05, 0.1) is 0 Å². The van der Waals surface area contributed by atoms with Crippen LogP contribution in [0.3, 0.4) is 0 Å². The molecule has 0 spiro atoms. The van der Waals surface area contributed by atoms with Crippen LogP contribution in [0.25, 0.3) is 0 Å². The van der Waals surface area contributed by atoms with Crippen LogP contribution in [0.5, 0.6) is 0 Å².